The summed E-state index contributed by atoms with van der Waals surface area (Å²) in [5.41, 5.74) is 26.1. The lowest BCUT2D eigenvalue weighted by molar-refractivity contribution is 0.590. The SMILES string of the molecule is CC(C)(C)c1ccc(N(c2ccc(-c3ccccc3)cc2)c2ccc3c(c2)N(c2ccc4c(c2)C(C)(C)c2ccccc2-4)c2cccc4c2B3c2cc(C(C)(C)C)ccc2N4c2ccc(C(C)(C)C)cc2)cc1. The molecule has 2 heterocycles. The van der Waals surface area contributed by atoms with Crippen molar-refractivity contribution in [2.75, 3.05) is 14.7 Å². The highest BCUT2D eigenvalue weighted by molar-refractivity contribution is 7.00. The van der Waals surface area contributed by atoms with Crippen LogP contribution in [-0.2, 0) is 21.7 Å². The van der Waals surface area contributed by atoms with E-state index in [0.717, 1.165) is 22.7 Å². The molecule has 9 aromatic carbocycles. The Morgan fingerprint density at radius 3 is 1.53 bits per heavy atom. The highest BCUT2D eigenvalue weighted by atomic mass is 15.2. The molecule has 0 amide bonds. The van der Waals surface area contributed by atoms with Crippen LogP contribution < -0.4 is 31.1 Å². The molecular formula is C69H66BN3. The lowest BCUT2D eigenvalue weighted by Gasteiger charge is -2.45. The number of fused-ring (bicyclic) bond motifs is 7. The topological polar surface area (TPSA) is 9.72 Å². The van der Waals surface area contributed by atoms with Gasteiger partial charge in [-0.25, -0.2) is 0 Å². The van der Waals surface area contributed by atoms with E-state index in [0.29, 0.717) is 0 Å². The van der Waals surface area contributed by atoms with Crippen LogP contribution in [0.15, 0.2) is 200 Å². The van der Waals surface area contributed by atoms with E-state index >= 15 is 0 Å². The minimum Gasteiger partial charge on any atom is -0.311 e. The summed E-state index contributed by atoms with van der Waals surface area (Å²) in [5.74, 6) is 0. The van der Waals surface area contributed by atoms with Gasteiger partial charge in [-0.1, -0.05) is 197 Å². The number of rotatable bonds is 6. The number of hydrogen-bond acceptors (Lipinski definition) is 3. The van der Waals surface area contributed by atoms with Crippen LogP contribution in [0.25, 0.3) is 22.3 Å². The van der Waals surface area contributed by atoms with Crippen LogP contribution in [0.3, 0.4) is 0 Å². The molecule has 3 aliphatic rings. The van der Waals surface area contributed by atoms with Crippen LogP contribution in [0.1, 0.15) is 104 Å². The first-order valence-electron chi connectivity index (χ1n) is 26.3. The molecule has 0 fully saturated rings. The van der Waals surface area contributed by atoms with Crippen LogP contribution >= 0.6 is 0 Å². The highest BCUT2D eigenvalue weighted by Gasteiger charge is 2.45. The third-order valence-electron chi connectivity index (χ3n) is 16.1. The molecule has 2 aliphatic heterocycles. The van der Waals surface area contributed by atoms with Crippen LogP contribution in [0.5, 0.6) is 0 Å². The zero-order valence-electron chi connectivity index (χ0n) is 44.5. The van der Waals surface area contributed by atoms with Gasteiger partial charge in [-0.05, 0) is 162 Å². The Kier molecular flexibility index (Phi) is 10.7. The average Bonchev–Trinajstić information content (AvgIpc) is 3.61. The first-order chi connectivity index (χ1) is 34.9. The standard InChI is InChI=1S/C69H66BN3/c1-66(2,3)47-26-33-51(34-27-47)71(50-31-24-46(25-32-50)45-18-13-12-14-19-45)54-38-40-59-64(44-54)73(53-37-39-56-55-20-15-16-21-57(55)69(10,11)58(56)43-53)63-23-17-22-62-65(63)70(59)60-42-49(68(7,8)9)30-41-61(60)72(62)52-35-28-48(29-36-52)67(4,5)6/h12-44H,1-11H3. The Balaban J connectivity index is 1.11. The van der Waals surface area contributed by atoms with Crippen molar-refractivity contribution < 1.29 is 0 Å². The van der Waals surface area contributed by atoms with Crippen LogP contribution in [0, 0.1) is 0 Å². The molecule has 0 saturated carbocycles. The molecule has 73 heavy (non-hydrogen) atoms. The summed E-state index contributed by atoms with van der Waals surface area (Å²) in [6, 6.07) is 76.1. The van der Waals surface area contributed by atoms with E-state index in [1.54, 1.807) is 0 Å². The second-order valence-electron chi connectivity index (χ2n) is 24.3. The minimum atomic E-state index is -0.165. The van der Waals surface area contributed by atoms with Gasteiger partial charge in [-0.3, -0.25) is 0 Å². The second-order valence-corrected chi connectivity index (χ2v) is 24.3. The molecule has 0 bridgehead atoms. The normalized spacial score (nSPS) is 14.3. The van der Waals surface area contributed by atoms with E-state index < -0.39 is 0 Å². The van der Waals surface area contributed by atoms with Crippen molar-refractivity contribution in [1.82, 2.24) is 0 Å². The van der Waals surface area contributed by atoms with Gasteiger partial charge in [0.1, 0.15) is 0 Å². The van der Waals surface area contributed by atoms with Crippen molar-refractivity contribution in [2.24, 2.45) is 0 Å². The Bertz CT molecular complexity index is 3590. The number of anilines is 9. The summed E-state index contributed by atoms with van der Waals surface area (Å²) >= 11 is 0. The quantitative estimate of drug-likeness (QED) is 0.154. The second kappa shape index (κ2) is 16.8. The third kappa shape index (κ3) is 7.72. The molecule has 3 nitrogen and oxygen atoms in total. The summed E-state index contributed by atoms with van der Waals surface area (Å²) in [7, 11) is 0. The maximum absolute atomic E-state index is 2.59. The molecular weight excluding hydrogens is 882 g/mol. The van der Waals surface area contributed by atoms with E-state index in [-0.39, 0.29) is 28.4 Å². The van der Waals surface area contributed by atoms with Gasteiger partial charge in [0.15, 0.2) is 0 Å². The zero-order chi connectivity index (χ0) is 50.8. The first kappa shape index (κ1) is 46.5. The van der Waals surface area contributed by atoms with Crippen LogP contribution in [0.2, 0.25) is 0 Å². The molecule has 0 radical (unpaired) electrons. The summed E-state index contributed by atoms with van der Waals surface area (Å²) in [6.07, 6.45) is 0. The van der Waals surface area contributed by atoms with Crippen LogP contribution in [0.4, 0.5) is 51.2 Å². The van der Waals surface area contributed by atoms with Gasteiger partial charge in [0, 0.05) is 56.6 Å². The average molecular weight is 948 g/mol. The van der Waals surface area contributed by atoms with Crippen molar-refractivity contribution in [3.05, 3.63) is 228 Å². The fraction of sp³-hybridized carbons (Fsp3) is 0.217. The molecule has 0 saturated heterocycles. The molecule has 9 aromatic rings. The summed E-state index contributed by atoms with van der Waals surface area (Å²) in [4.78, 5) is 7.57. The summed E-state index contributed by atoms with van der Waals surface area (Å²) < 4.78 is 0. The number of benzene rings is 9. The van der Waals surface area contributed by atoms with Gasteiger partial charge in [0.05, 0.1) is 0 Å². The van der Waals surface area contributed by atoms with Crippen molar-refractivity contribution in [1.29, 1.82) is 0 Å². The Hall–Kier alpha value is -7.56. The molecule has 0 N–H and O–H groups in total. The Morgan fingerprint density at radius 1 is 0.370 bits per heavy atom. The molecule has 1 aliphatic carbocycles. The monoisotopic (exact) mass is 948 g/mol. The van der Waals surface area contributed by atoms with Crippen LogP contribution in [-0.4, -0.2) is 6.71 Å². The molecule has 0 aromatic heterocycles. The lowest BCUT2D eigenvalue weighted by Crippen LogP contribution is -2.61. The van der Waals surface area contributed by atoms with Gasteiger partial charge in [0.2, 0.25) is 0 Å². The Labute approximate surface area is 434 Å². The van der Waals surface area contributed by atoms with E-state index in [4.69, 9.17) is 0 Å². The summed E-state index contributed by atoms with van der Waals surface area (Å²) in [6.45, 7) is 25.5. The zero-order valence-corrected chi connectivity index (χ0v) is 44.5. The molecule has 0 atom stereocenters. The largest absolute Gasteiger partial charge is 0.311 e. The highest BCUT2D eigenvalue weighted by Crippen LogP contribution is 2.52. The van der Waals surface area contributed by atoms with E-state index in [1.807, 2.05) is 0 Å². The maximum Gasteiger partial charge on any atom is 0.252 e. The fourth-order valence-electron chi connectivity index (χ4n) is 12.0. The first-order valence-corrected chi connectivity index (χ1v) is 26.3. The van der Waals surface area contributed by atoms with Crippen molar-refractivity contribution in [3.8, 4) is 22.3 Å². The van der Waals surface area contributed by atoms with Gasteiger partial charge >= 0.3 is 0 Å². The minimum absolute atomic E-state index is 0.0197. The van der Waals surface area contributed by atoms with Gasteiger partial charge < -0.3 is 14.7 Å². The number of hydrogen-bond donors (Lipinski definition) is 0. The molecule has 12 rings (SSSR count). The lowest BCUT2D eigenvalue weighted by atomic mass is 9.33. The molecule has 0 spiro atoms. The predicted molar refractivity (Wildman–Crippen MR) is 314 cm³/mol. The van der Waals surface area contributed by atoms with E-state index in [2.05, 4.69) is 291 Å². The maximum atomic E-state index is 2.59. The van der Waals surface area contributed by atoms with E-state index in [1.165, 1.54) is 94.9 Å². The molecule has 360 valence electrons. The third-order valence-corrected chi connectivity index (χ3v) is 16.1. The van der Waals surface area contributed by atoms with Crippen molar-refractivity contribution >= 4 is 74.3 Å². The van der Waals surface area contributed by atoms with Gasteiger partial charge in [0.25, 0.3) is 6.71 Å². The van der Waals surface area contributed by atoms with Gasteiger partial charge in [-0.2, -0.15) is 0 Å². The molecule has 0 unspecified atom stereocenters. The number of nitrogens with zero attached hydrogens (tertiary/aromatic N) is 3. The fourth-order valence-corrected chi connectivity index (χ4v) is 12.0. The molecule has 4 heteroatoms. The Morgan fingerprint density at radius 2 is 0.890 bits per heavy atom. The smallest absolute Gasteiger partial charge is 0.252 e. The van der Waals surface area contributed by atoms with Gasteiger partial charge in [-0.15, -0.1) is 0 Å². The van der Waals surface area contributed by atoms with Crippen molar-refractivity contribution in [2.45, 2.75) is 97.8 Å². The van der Waals surface area contributed by atoms with Crippen molar-refractivity contribution in [3.63, 3.8) is 0 Å². The predicted octanol–water partition coefficient (Wildman–Crippen LogP) is 17.1. The van der Waals surface area contributed by atoms with E-state index in [9.17, 15) is 0 Å². The summed E-state index contributed by atoms with van der Waals surface area (Å²) in [5, 5.41) is 0.